The Bertz CT molecular complexity index is 542. The Morgan fingerprint density at radius 1 is 1.55 bits per heavy atom. The molecule has 2 N–H and O–H groups in total. The van der Waals surface area contributed by atoms with Gasteiger partial charge in [0, 0.05) is 25.2 Å². The number of nitrogens with two attached hydrogens (primary N) is 1. The second kappa shape index (κ2) is 5.58. The molecule has 1 fully saturated rings. The summed E-state index contributed by atoms with van der Waals surface area (Å²) in [5.74, 6) is -0.00800. The maximum atomic E-state index is 12.5. The lowest BCUT2D eigenvalue weighted by molar-refractivity contribution is -0.385. The van der Waals surface area contributed by atoms with Crippen LogP contribution >= 0.6 is 0 Å². The Morgan fingerprint density at radius 2 is 2.25 bits per heavy atom. The maximum absolute atomic E-state index is 12.5. The third-order valence-corrected chi connectivity index (χ3v) is 3.83. The van der Waals surface area contributed by atoms with E-state index in [-0.39, 0.29) is 29.1 Å². The van der Waals surface area contributed by atoms with E-state index in [0.29, 0.717) is 13.1 Å². The van der Waals surface area contributed by atoms with Crippen molar-refractivity contribution in [3.8, 4) is 0 Å². The van der Waals surface area contributed by atoms with Gasteiger partial charge in [-0.05, 0) is 37.8 Å². The summed E-state index contributed by atoms with van der Waals surface area (Å²) in [5.41, 5.74) is 6.72. The molecule has 6 nitrogen and oxygen atoms in total. The molecule has 1 saturated heterocycles. The van der Waals surface area contributed by atoms with Gasteiger partial charge in [-0.25, -0.2) is 0 Å². The standard InChI is InChI=1S/C14H19N3O3/c1-9-3-4-13(17(19)20)12(7-9)14(18)16-6-5-11(8-16)10(2)15/h3-4,7,10-11H,5-6,8,15H2,1-2H3. The van der Waals surface area contributed by atoms with Crippen LogP contribution in [0.25, 0.3) is 0 Å². The number of nitro groups is 1. The van der Waals surface area contributed by atoms with Gasteiger partial charge in [-0.3, -0.25) is 14.9 Å². The fourth-order valence-electron chi connectivity index (χ4n) is 2.55. The van der Waals surface area contributed by atoms with Gasteiger partial charge in [0.15, 0.2) is 0 Å². The Hall–Kier alpha value is -1.95. The third-order valence-electron chi connectivity index (χ3n) is 3.83. The number of benzene rings is 1. The summed E-state index contributed by atoms with van der Waals surface area (Å²) in [5, 5.41) is 11.0. The minimum atomic E-state index is -0.508. The maximum Gasteiger partial charge on any atom is 0.282 e. The minimum absolute atomic E-state index is 0.0281. The first-order valence-corrected chi connectivity index (χ1v) is 6.70. The number of amides is 1. The quantitative estimate of drug-likeness (QED) is 0.672. The molecule has 108 valence electrons. The van der Waals surface area contributed by atoms with E-state index >= 15 is 0 Å². The number of carbonyl (C=O) groups is 1. The molecule has 2 rings (SSSR count). The van der Waals surface area contributed by atoms with Crippen LogP contribution in [0.4, 0.5) is 5.69 Å². The van der Waals surface area contributed by atoms with E-state index in [1.807, 2.05) is 13.8 Å². The van der Waals surface area contributed by atoms with Gasteiger partial charge in [-0.1, -0.05) is 6.07 Å². The first-order valence-electron chi connectivity index (χ1n) is 6.70. The lowest BCUT2D eigenvalue weighted by Gasteiger charge is -2.18. The summed E-state index contributed by atoms with van der Waals surface area (Å²) in [6.07, 6.45) is 0.850. The molecule has 1 amide bonds. The van der Waals surface area contributed by atoms with E-state index in [1.54, 1.807) is 17.0 Å². The lowest BCUT2D eigenvalue weighted by atomic mass is 10.0. The predicted octanol–water partition coefficient (Wildman–Crippen LogP) is 1.71. The van der Waals surface area contributed by atoms with Crippen molar-refractivity contribution in [2.24, 2.45) is 11.7 Å². The van der Waals surface area contributed by atoms with Gasteiger partial charge in [0.2, 0.25) is 0 Å². The van der Waals surface area contributed by atoms with Crippen molar-refractivity contribution in [2.75, 3.05) is 13.1 Å². The normalized spacial score (nSPS) is 19.9. The largest absolute Gasteiger partial charge is 0.338 e. The number of hydrogen-bond acceptors (Lipinski definition) is 4. The van der Waals surface area contributed by atoms with E-state index < -0.39 is 4.92 Å². The van der Waals surface area contributed by atoms with E-state index in [2.05, 4.69) is 0 Å². The smallest absolute Gasteiger partial charge is 0.282 e. The number of carbonyl (C=O) groups excluding carboxylic acids is 1. The van der Waals surface area contributed by atoms with Crippen LogP contribution in [0, 0.1) is 23.0 Å². The molecule has 1 aliphatic rings. The van der Waals surface area contributed by atoms with Crippen molar-refractivity contribution in [3.63, 3.8) is 0 Å². The van der Waals surface area contributed by atoms with E-state index in [1.165, 1.54) is 6.07 Å². The van der Waals surface area contributed by atoms with Crippen molar-refractivity contribution in [3.05, 3.63) is 39.4 Å². The zero-order valence-corrected chi connectivity index (χ0v) is 11.7. The summed E-state index contributed by atoms with van der Waals surface area (Å²) in [7, 11) is 0. The van der Waals surface area contributed by atoms with Crippen LogP contribution in [0.15, 0.2) is 18.2 Å². The average molecular weight is 277 g/mol. The van der Waals surface area contributed by atoms with Gasteiger partial charge >= 0.3 is 0 Å². The van der Waals surface area contributed by atoms with Crippen LogP contribution in [-0.2, 0) is 0 Å². The number of aryl methyl sites for hydroxylation is 1. The Labute approximate surface area is 117 Å². The Kier molecular flexibility index (Phi) is 4.04. The highest BCUT2D eigenvalue weighted by Gasteiger charge is 2.31. The van der Waals surface area contributed by atoms with Crippen LogP contribution in [0.5, 0.6) is 0 Å². The molecule has 1 heterocycles. The van der Waals surface area contributed by atoms with Crippen molar-refractivity contribution >= 4 is 11.6 Å². The summed E-state index contributed by atoms with van der Waals surface area (Å²) in [6.45, 7) is 4.92. The summed E-state index contributed by atoms with van der Waals surface area (Å²) in [6, 6.07) is 4.64. The number of hydrogen-bond donors (Lipinski definition) is 1. The second-order valence-corrected chi connectivity index (χ2v) is 5.44. The Morgan fingerprint density at radius 3 is 2.80 bits per heavy atom. The molecule has 0 aliphatic carbocycles. The average Bonchev–Trinajstić information content (AvgIpc) is 2.87. The molecule has 20 heavy (non-hydrogen) atoms. The molecule has 1 aromatic rings. The molecule has 0 radical (unpaired) electrons. The van der Waals surface area contributed by atoms with Crippen molar-refractivity contribution < 1.29 is 9.72 Å². The number of nitrogens with zero attached hydrogens (tertiary/aromatic N) is 2. The number of nitro benzene ring substituents is 1. The molecule has 0 spiro atoms. The van der Waals surface area contributed by atoms with Crippen molar-refractivity contribution in [2.45, 2.75) is 26.3 Å². The van der Waals surface area contributed by atoms with E-state index in [0.717, 1.165) is 12.0 Å². The van der Waals surface area contributed by atoms with Crippen LogP contribution < -0.4 is 5.73 Å². The fourth-order valence-corrected chi connectivity index (χ4v) is 2.55. The summed E-state index contributed by atoms with van der Waals surface area (Å²) < 4.78 is 0. The van der Waals surface area contributed by atoms with Gasteiger partial charge in [0.05, 0.1) is 4.92 Å². The SMILES string of the molecule is Cc1ccc([N+](=O)[O-])c(C(=O)N2CCC(C(C)N)C2)c1. The molecule has 0 bridgehead atoms. The van der Waals surface area contributed by atoms with Crippen LogP contribution in [0.2, 0.25) is 0 Å². The number of likely N-dealkylation sites (tertiary alicyclic amines) is 1. The number of rotatable bonds is 3. The zero-order chi connectivity index (χ0) is 14.9. The molecule has 2 atom stereocenters. The molecule has 0 saturated carbocycles. The van der Waals surface area contributed by atoms with Gasteiger partial charge in [0.1, 0.15) is 5.56 Å². The zero-order valence-electron chi connectivity index (χ0n) is 11.7. The molecule has 1 aliphatic heterocycles. The third kappa shape index (κ3) is 2.80. The van der Waals surface area contributed by atoms with Crippen molar-refractivity contribution in [1.29, 1.82) is 0 Å². The van der Waals surface area contributed by atoms with Crippen molar-refractivity contribution in [1.82, 2.24) is 4.90 Å². The Balaban J connectivity index is 2.26. The second-order valence-electron chi connectivity index (χ2n) is 5.44. The topological polar surface area (TPSA) is 89.5 Å². The highest BCUT2D eigenvalue weighted by molar-refractivity contribution is 5.98. The molecule has 6 heteroatoms. The van der Waals surface area contributed by atoms with Gasteiger partial charge in [-0.15, -0.1) is 0 Å². The molecular formula is C14H19N3O3. The molecule has 2 unspecified atom stereocenters. The monoisotopic (exact) mass is 277 g/mol. The van der Waals surface area contributed by atoms with Gasteiger partial charge in [-0.2, -0.15) is 0 Å². The van der Waals surface area contributed by atoms with E-state index in [4.69, 9.17) is 5.73 Å². The van der Waals surface area contributed by atoms with Crippen LogP contribution in [0.1, 0.15) is 29.3 Å². The first-order chi connectivity index (χ1) is 9.40. The minimum Gasteiger partial charge on any atom is -0.338 e. The van der Waals surface area contributed by atoms with E-state index in [9.17, 15) is 14.9 Å². The molecular weight excluding hydrogens is 258 g/mol. The summed E-state index contributed by atoms with van der Waals surface area (Å²) >= 11 is 0. The van der Waals surface area contributed by atoms with Crippen LogP contribution in [-0.4, -0.2) is 34.9 Å². The van der Waals surface area contributed by atoms with Gasteiger partial charge in [0.25, 0.3) is 11.6 Å². The molecule has 0 aromatic heterocycles. The van der Waals surface area contributed by atoms with Crippen LogP contribution in [0.3, 0.4) is 0 Å². The highest BCUT2D eigenvalue weighted by Crippen LogP contribution is 2.25. The van der Waals surface area contributed by atoms with Gasteiger partial charge < -0.3 is 10.6 Å². The highest BCUT2D eigenvalue weighted by atomic mass is 16.6. The first kappa shape index (κ1) is 14.5. The lowest BCUT2D eigenvalue weighted by Crippen LogP contribution is -2.33. The summed E-state index contributed by atoms with van der Waals surface area (Å²) in [4.78, 5) is 24.7. The molecule has 1 aromatic carbocycles. The predicted molar refractivity (Wildman–Crippen MR) is 75.5 cm³/mol. The fraction of sp³-hybridized carbons (Fsp3) is 0.500.